The highest BCUT2D eigenvalue weighted by Gasteiger charge is 2.21. The summed E-state index contributed by atoms with van der Waals surface area (Å²) in [6.45, 7) is 4.46. The zero-order chi connectivity index (χ0) is 12.3. The molecular weight excluding hydrogens is 230 g/mol. The highest BCUT2D eigenvalue weighted by molar-refractivity contribution is 7.99. The van der Waals surface area contributed by atoms with Crippen LogP contribution in [0.15, 0.2) is 11.4 Å². The lowest BCUT2D eigenvalue weighted by molar-refractivity contribution is 0.394. The fourth-order valence-electron chi connectivity index (χ4n) is 2.49. The van der Waals surface area contributed by atoms with Gasteiger partial charge in [0, 0.05) is 10.8 Å². The Bertz CT molecular complexity index is 381. The summed E-state index contributed by atoms with van der Waals surface area (Å²) in [4.78, 5) is 8.47. The van der Waals surface area contributed by atoms with Gasteiger partial charge in [-0.1, -0.05) is 26.7 Å². The van der Waals surface area contributed by atoms with Crippen LogP contribution in [0.4, 0.5) is 5.82 Å². The van der Waals surface area contributed by atoms with Gasteiger partial charge in [0.15, 0.2) is 0 Å². The molecule has 1 aromatic rings. The van der Waals surface area contributed by atoms with Gasteiger partial charge in [-0.15, -0.1) is 11.8 Å². The molecule has 94 valence electrons. The maximum Gasteiger partial charge on any atom is 0.131 e. The second-order valence-corrected chi connectivity index (χ2v) is 6.20. The van der Waals surface area contributed by atoms with Gasteiger partial charge in [-0.2, -0.15) is 0 Å². The molecule has 0 aromatic carbocycles. The highest BCUT2D eigenvalue weighted by Crippen LogP contribution is 2.37. The quantitative estimate of drug-likeness (QED) is 0.838. The number of nitrogen functional groups attached to an aromatic ring is 1. The monoisotopic (exact) mass is 251 g/mol. The van der Waals surface area contributed by atoms with Gasteiger partial charge in [0.25, 0.3) is 0 Å². The molecular formula is C13H21N3S. The van der Waals surface area contributed by atoms with Crippen molar-refractivity contribution >= 4 is 17.6 Å². The summed E-state index contributed by atoms with van der Waals surface area (Å²) in [5.74, 6) is 1.50. The lowest BCUT2D eigenvalue weighted by Crippen LogP contribution is -2.15. The topological polar surface area (TPSA) is 51.8 Å². The Hall–Kier alpha value is -0.770. The Kier molecular flexibility index (Phi) is 4.26. The molecule has 0 spiro atoms. The van der Waals surface area contributed by atoms with Crippen LogP contribution in [-0.4, -0.2) is 15.2 Å². The van der Waals surface area contributed by atoms with Crippen LogP contribution >= 0.6 is 11.8 Å². The van der Waals surface area contributed by atoms with Crippen LogP contribution in [0.1, 0.15) is 45.1 Å². The van der Waals surface area contributed by atoms with Crippen LogP contribution in [0.2, 0.25) is 0 Å². The van der Waals surface area contributed by atoms with Crippen molar-refractivity contribution in [2.45, 2.75) is 56.2 Å². The van der Waals surface area contributed by atoms with Crippen molar-refractivity contribution in [1.82, 2.24) is 9.97 Å². The SMILES string of the molecule is CCc1c(N)ncnc1SC1CCCC(C)C1. The van der Waals surface area contributed by atoms with Gasteiger partial charge in [-0.3, -0.25) is 0 Å². The van der Waals surface area contributed by atoms with Gasteiger partial charge in [-0.25, -0.2) is 9.97 Å². The van der Waals surface area contributed by atoms with Crippen LogP contribution in [0.25, 0.3) is 0 Å². The molecule has 0 saturated heterocycles. The van der Waals surface area contributed by atoms with Crippen molar-refractivity contribution in [2.24, 2.45) is 5.92 Å². The third-order valence-corrected chi connectivity index (χ3v) is 4.80. The van der Waals surface area contributed by atoms with Crippen molar-refractivity contribution in [2.75, 3.05) is 5.73 Å². The zero-order valence-electron chi connectivity index (χ0n) is 10.6. The van der Waals surface area contributed by atoms with Crippen LogP contribution in [0, 0.1) is 5.92 Å². The molecule has 1 fully saturated rings. The predicted molar refractivity (Wildman–Crippen MR) is 73.1 cm³/mol. The van der Waals surface area contributed by atoms with Crippen molar-refractivity contribution in [1.29, 1.82) is 0 Å². The number of hydrogen-bond donors (Lipinski definition) is 1. The molecule has 2 N–H and O–H groups in total. The van der Waals surface area contributed by atoms with Crippen LogP contribution in [0.5, 0.6) is 0 Å². The smallest absolute Gasteiger partial charge is 0.131 e. The fourth-order valence-corrected chi connectivity index (χ4v) is 4.01. The number of rotatable bonds is 3. The largest absolute Gasteiger partial charge is 0.383 e. The van der Waals surface area contributed by atoms with Crippen LogP contribution in [-0.2, 0) is 6.42 Å². The molecule has 1 aliphatic carbocycles. The number of hydrogen-bond acceptors (Lipinski definition) is 4. The van der Waals surface area contributed by atoms with E-state index >= 15 is 0 Å². The molecule has 2 unspecified atom stereocenters. The van der Waals surface area contributed by atoms with Crippen molar-refractivity contribution in [3.8, 4) is 0 Å². The van der Waals surface area contributed by atoms with E-state index in [9.17, 15) is 0 Å². The lowest BCUT2D eigenvalue weighted by Gasteiger charge is -2.26. The normalized spacial score (nSPS) is 24.8. The molecule has 3 nitrogen and oxygen atoms in total. The Labute approximate surface area is 108 Å². The third-order valence-electron chi connectivity index (χ3n) is 3.46. The minimum atomic E-state index is 0.647. The van der Waals surface area contributed by atoms with Gasteiger partial charge >= 0.3 is 0 Å². The maximum absolute atomic E-state index is 5.90. The molecule has 1 aromatic heterocycles. The number of nitrogens with zero attached hydrogens (tertiary/aromatic N) is 2. The summed E-state index contributed by atoms with van der Waals surface area (Å²) in [6.07, 6.45) is 7.84. The maximum atomic E-state index is 5.90. The summed E-state index contributed by atoms with van der Waals surface area (Å²) >= 11 is 1.90. The summed E-state index contributed by atoms with van der Waals surface area (Å²) in [7, 11) is 0. The van der Waals surface area contributed by atoms with Gasteiger partial charge < -0.3 is 5.73 Å². The standard InChI is InChI=1S/C13H21N3S/c1-3-11-12(14)15-8-16-13(11)17-10-6-4-5-9(2)7-10/h8-10H,3-7H2,1-2H3,(H2,14,15,16). The van der Waals surface area contributed by atoms with E-state index in [4.69, 9.17) is 5.73 Å². The van der Waals surface area contributed by atoms with Gasteiger partial charge in [-0.05, 0) is 25.2 Å². The first kappa shape index (κ1) is 12.7. The third kappa shape index (κ3) is 3.12. The Morgan fingerprint density at radius 1 is 1.41 bits per heavy atom. The zero-order valence-corrected chi connectivity index (χ0v) is 11.5. The molecule has 0 amide bonds. The van der Waals surface area contributed by atoms with E-state index in [0.717, 1.165) is 22.9 Å². The molecule has 0 aliphatic heterocycles. The Morgan fingerprint density at radius 2 is 2.24 bits per heavy atom. The lowest BCUT2D eigenvalue weighted by atomic mass is 9.91. The van der Waals surface area contributed by atoms with Crippen molar-refractivity contribution in [3.63, 3.8) is 0 Å². The first-order chi connectivity index (χ1) is 8.20. The molecule has 1 heterocycles. The van der Waals surface area contributed by atoms with Crippen LogP contribution in [0.3, 0.4) is 0 Å². The minimum Gasteiger partial charge on any atom is -0.383 e. The van der Waals surface area contributed by atoms with Gasteiger partial charge in [0.1, 0.15) is 17.2 Å². The highest BCUT2D eigenvalue weighted by atomic mass is 32.2. The van der Waals surface area contributed by atoms with E-state index in [1.807, 2.05) is 11.8 Å². The molecule has 1 aliphatic rings. The predicted octanol–water partition coefficient (Wildman–Crippen LogP) is 3.29. The van der Waals surface area contributed by atoms with E-state index in [2.05, 4.69) is 23.8 Å². The second kappa shape index (κ2) is 5.71. The molecule has 2 atom stereocenters. The summed E-state index contributed by atoms with van der Waals surface area (Å²) in [5.41, 5.74) is 7.02. The Balaban J connectivity index is 2.10. The average molecular weight is 251 g/mol. The average Bonchev–Trinajstić information content (AvgIpc) is 2.29. The van der Waals surface area contributed by atoms with Gasteiger partial charge in [0.2, 0.25) is 0 Å². The molecule has 2 rings (SSSR count). The summed E-state index contributed by atoms with van der Waals surface area (Å²) < 4.78 is 0. The van der Waals surface area contributed by atoms with E-state index < -0.39 is 0 Å². The molecule has 0 radical (unpaired) electrons. The Morgan fingerprint density at radius 3 is 2.94 bits per heavy atom. The number of thioether (sulfide) groups is 1. The van der Waals surface area contributed by atoms with E-state index in [0.29, 0.717) is 11.1 Å². The summed E-state index contributed by atoms with van der Waals surface area (Å²) in [5, 5.41) is 1.80. The molecule has 17 heavy (non-hydrogen) atoms. The molecule has 4 heteroatoms. The van der Waals surface area contributed by atoms with Crippen molar-refractivity contribution < 1.29 is 0 Å². The van der Waals surface area contributed by atoms with E-state index in [-0.39, 0.29) is 0 Å². The van der Waals surface area contributed by atoms with E-state index in [1.54, 1.807) is 6.33 Å². The molecule has 0 bridgehead atoms. The molecule has 1 saturated carbocycles. The van der Waals surface area contributed by atoms with Crippen molar-refractivity contribution in [3.05, 3.63) is 11.9 Å². The number of aromatic nitrogens is 2. The first-order valence-corrected chi connectivity index (χ1v) is 7.34. The number of nitrogens with two attached hydrogens (primary N) is 1. The fraction of sp³-hybridized carbons (Fsp3) is 0.692. The summed E-state index contributed by atoms with van der Waals surface area (Å²) in [6, 6.07) is 0. The van der Waals surface area contributed by atoms with Crippen LogP contribution < -0.4 is 5.73 Å². The minimum absolute atomic E-state index is 0.647. The first-order valence-electron chi connectivity index (χ1n) is 6.46. The number of anilines is 1. The van der Waals surface area contributed by atoms with Gasteiger partial charge in [0.05, 0.1) is 0 Å². The second-order valence-electron chi connectivity index (χ2n) is 4.91. The van der Waals surface area contributed by atoms with E-state index in [1.165, 1.54) is 25.7 Å².